The summed E-state index contributed by atoms with van der Waals surface area (Å²) in [5.41, 5.74) is 5.37. The van der Waals surface area contributed by atoms with Crippen LogP contribution in [0.4, 0.5) is 0 Å². The van der Waals surface area contributed by atoms with Gasteiger partial charge in [-0.05, 0) is 0 Å². The third-order valence-electron chi connectivity index (χ3n) is 2.17. The summed E-state index contributed by atoms with van der Waals surface area (Å²) in [6.45, 7) is 0.231. The van der Waals surface area contributed by atoms with Gasteiger partial charge in [-0.3, -0.25) is 9.48 Å². The van der Waals surface area contributed by atoms with E-state index in [9.17, 15) is 13.2 Å². The monoisotopic (exact) mass is 262 g/mol. The Kier molecular flexibility index (Phi) is 3.86. The zero-order chi connectivity index (χ0) is 13.2. The molecule has 0 unspecified atom stereocenters. The fraction of sp³-hybridized carbons (Fsp3) is 0.500. The SMILES string of the molecule is COCCc1c(S(N)(=O)=O)nn(C)c1C(N)=O. The quantitative estimate of drug-likeness (QED) is 0.656. The maximum Gasteiger partial charge on any atom is 0.267 e. The Morgan fingerprint density at radius 1 is 1.53 bits per heavy atom. The van der Waals surface area contributed by atoms with Gasteiger partial charge in [-0.15, -0.1) is 0 Å². The average Bonchev–Trinajstić information content (AvgIpc) is 2.51. The zero-order valence-electron chi connectivity index (χ0n) is 9.50. The topological polar surface area (TPSA) is 130 Å². The normalized spacial score (nSPS) is 11.7. The number of nitrogens with two attached hydrogens (primary N) is 2. The van der Waals surface area contributed by atoms with Gasteiger partial charge in [-0.1, -0.05) is 0 Å². The third-order valence-corrected chi connectivity index (χ3v) is 3.03. The molecular formula is C8H14N4O4S. The molecule has 1 aromatic rings. The first-order valence-electron chi connectivity index (χ1n) is 4.66. The van der Waals surface area contributed by atoms with Crippen LogP contribution in [0, 0.1) is 0 Å². The predicted molar refractivity (Wildman–Crippen MR) is 58.7 cm³/mol. The number of primary sulfonamides is 1. The number of hydrogen-bond donors (Lipinski definition) is 2. The number of carbonyl (C=O) groups is 1. The van der Waals surface area contributed by atoms with Gasteiger partial charge >= 0.3 is 0 Å². The number of sulfonamides is 1. The summed E-state index contributed by atoms with van der Waals surface area (Å²) in [5.74, 6) is -0.763. The van der Waals surface area contributed by atoms with Crippen molar-refractivity contribution in [3.8, 4) is 0 Å². The van der Waals surface area contributed by atoms with Crippen LogP contribution in [0.3, 0.4) is 0 Å². The molecule has 0 saturated carbocycles. The van der Waals surface area contributed by atoms with Crippen molar-refractivity contribution in [2.45, 2.75) is 11.4 Å². The maximum atomic E-state index is 11.3. The average molecular weight is 262 g/mol. The second-order valence-corrected chi connectivity index (χ2v) is 4.88. The molecule has 8 nitrogen and oxygen atoms in total. The van der Waals surface area contributed by atoms with E-state index in [0.29, 0.717) is 0 Å². The van der Waals surface area contributed by atoms with Crippen molar-refractivity contribution in [2.24, 2.45) is 17.9 Å². The molecule has 0 radical (unpaired) electrons. The molecule has 17 heavy (non-hydrogen) atoms. The van der Waals surface area contributed by atoms with E-state index >= 15 is 0 Å². The van der Waals surface area contributed by atoms with E-state index in [1.54, 1.807) is 0 Å². The van der Waals surface area contributed by atoms with Crippen molar-refractivity contribution < 1.29 is 17.9 Å². The van der Waals surface area contributed by atoms with Crippen LogP contribution in [0.5, 0.6) is 0 Å². The van der Waals surface area contributed by atoms with Crippen LogP contribution >= 0.6 is 0 Å². The van der Waals surface area contributed by atoms with E-state index in [-0.39, 0.29) is 29.3 Å². The first kappa shape index (κ1) is 13.6. The molecular weight excluding hydrogens is 248 g/mol. The molecule has 1 amide bonds. The van der Waals surface area contributed by atoms with Crippen LogP contribution in [-0.2, 0) is 28.2 Å². The fourth-order valence-corrected chi connectivity index (χ4v) is 2.29. The smallest absolute Gasteiger partial charge is 0.267 e. The van der Waals surface area contributed by atoms with Gasteiger partial charge in [0.2, 0.25) is 0 Å². The molecule has 0 saturated heterocycles. The van der Waals surface area contributed by atoms with Gasteiger partial charge in [-0.25, -0.2) is 13.6 Å². The maximum absolute atomic E-state index is 11.3. The fourth-order valence-electron chi connectivity index (χ4n) is 1.51. The van der Waals surface area contributed by atoms with E-state index in [0.717, 1.165) is 4.68 Å². The minimum atomic E-state index is -3.99. The highest BCUT2D eigenvalue weighted by atomic mass is 32.2. The molecule has 1 rings (SSSR count). The molecule has 0 aromatic carbocycles. The van der Waals surface area contributed by atoms with E-state index in [1.807, 2.05) is 0 Å². The largest absolute Gasteiger partial charge is 0.384 e. The number of ether oxygens (including phenoxy) is 1. The van der Waals surface area contributed by atoms with Gasteiger partial charge in [-0.2, -0.15) is 5.10 Å². The Labute approximate surface area is 98.6 Å². The van der Waals surface area contributed by atoms with Crippen molar-refractivity contribution in [1.82, 2.24) is 9.78 Å². The second-order valence-electron chi connectivity index (χ2n) is 3.41. The van der Waals surface area contributed by atoms with Crippen molar-refractivity contribution in [3.63, 3.8) is 0 Å². The molecule has 4 N–H and O–H groups in total. The number of aryl methyl sites for hydroxylation is 1. The van der Waals surface area contributed by atoms with Crippen LogP contribution in [-0.4, -0.2) is 37.8 Å². The van der Waals surface area contributed by atoms with Crippen LogP contribution in [0.15, 0.2) is 5.03 Å². The molecule has 0 aliphatic carbocycles. The highest BCUT2D eigenvalue weighted by Crippen LogP contribution is 2.18. The third kappa shape index (κ3) is 2.81. The van der Waals surface area contributed by atoms with Gasteiger partial charge < -0.3 is 10.5 Å². The first-order valence-corrected chi connectivity index (χ1v) is 6.21. The summed E-state index contributed by atoms with van der Waals surface area (Å²) in [6, 6.07) is 0. The van der Waals surface area contributed by atoms with E-state index in [2.05, 4.69) is 5.10 Å². The Bertz CT molecular complexity index is 534. The van der Waals surface area contributed by atoms with Gasteiger partial charge in [0.1, 0.15) is 5.69 Å². The number of nitrogens with zero attached hydrogens (tertiary/aromatic N) is 2. The number of primary amides is 1. The van der Waals surface area contributed by atoms with Gasteiger partial charge in [0.15, 0.2) is 5.03 Å². The zero-order valence-corrected chi connectivity index (χ0v) is 10.3. The van der Waals surface area contributed by atoms with Gasteiger partial charge in [0.25, 0.3) is 15.9 Å². The molecule has 0 aliphatic heterocycles. The number of amides is 1. The predicted octanol–water partition coefficient (Wildman–Crippen LogP) is -1.64. The lowest BCUT2D eigenvalue weighted by molar-refractivity contribution is 0.0990. The van der Waals surface area contributed by atoms with Crippen molar-refractivity contribution >= 4 is 15.9 Å². The molecule has 0 bridgehead atoms. The summed E-state index contributed by atoms with van der Waals surface area (Å²) in [6.07, 6.45) is 0.189. The standard InChI is InChI=1S/C8H14N4O4S/c1-12-6(7(9)13)5(3-4-16-2)8(11-12)17(10,14)15/h3-4H2,1-2H3,(H2,9,13)(H2,10,14,15). The summed E-state index contributed by atoms with van der Waals surface area (Å²) < 4.78 is 28.6. The lowest BCUT2D eigenvalue weighted by Crippen LogP contribution is -2.19. The molecule has 0 spiro atoms. The first-order chi connectivity index (χ1) is 7.79. The second kappa shape index (κ2) is 4.82. The summed E-state index contributed by atoms with van der Waals surface area (Å²) in [7, 11) is -1.12. The number of aromatic nitrogens is 2. The van der Waals surface area contributed by atoms with Gasteiger partial charge in [0, 0.05) is 26.1 Å². The van der Waals surface area contributed by atoms with Gasteiger partial charge in [0.05, 0.1) is 6.61 Å². The van der Waals surface area contributed by atoms with Crippen molar-refractivity contribution in [1.29, 1.82) is 0 Å². The minimum absolute atomic E-state index is 0.0195. The Morgan fingerprint density at radius 3 is 2.53 bits per heavy atom. The Morgan fingerprint density at radius 2 is 2.12 bits per heavy atom. The summed E-state index contributed by atoms with van der Waals surface area (Å²) in [4.78, 5) is 11.2. The molecule has 1 aromatic heterocycles. The molecule has 9 heteroatoms. The highest BCUT2D eigenvalue weighted by Gasteiger charge is 2.26. The van der Waals surface area contributed by atoms with E-state index < -0.39 is 15.9 Å². The highest BCUT2D eigenvalue weighted by molar-refractivity contribution is 7.89. The number of rotatable bonds is 5. The Balaban J connectivity index is 3.42. The lowest BCUT2D eigenvalue weighted by Gasteiger charge is -2.02. The Hall–Kier alpha value is -1.45. The summed E-state index contributed by atoms with van der Waals surface area (Å²) >= 11 is 0. The van der Waals surface area contributed by atoms with Crippen LogP contribution < -0.4 is 10.9 Å². The number of carbonyl (C=O) groups excluding carboxylic acids is 1. The number of hydrogen-bond acceptors (Lipinski definition) is 5. The van der Waals surface area contributed by atoms with Crippen LogP contribution in [0.25, 0.3) is 0 Å². The molecule has 0 fully saturated rings. The van der Waals surface area contributed by atoms with E-state index in [1.165, 1.54) is 14.2 Å². The number of methoxy groups -OCH3 is 1. The molecule has 1 heterocycles. The van der Waals surface area contributed by atoms with Crippen LogP contribution in [0.1, 0.15) is 16.1 Å². The molecule has 0 atom stereocenters. The molecule has 96 valence electrons. The van der Waals surface area contributed by atoms with E-state index in [4.69, 9.17) is 15.6 Å². The van der Waals surface area contributed by atoms with Crippen molar-refractivity contribution in [3.05, 3.63) is 11.3 Å². The molecule has 0 aliphatic rings. The lowest BCUT2D eigenvalue weighted by atomic mass is 10.2. The van der Waals surface area contributed by atoms with Crippen LogP contribution in [0.2, 0.25) is 0 Å². The summed E-state index contributed by atoms with van der Waals surface area (Å²) in [5, 5.41) is 8.38. The van der Waals surface area contributed by atoms with Crippen molar-refractivity contribution in [2.75, 3.05) is 13.7 Å². The minimum Gasteiger partial charge on any atom is -0.384 e.